The van der Waals surface area contributed by atoms with Crippen molar-refractivity contribution in [2.75, 3.05) is 6.54 Å². The fourth-order valence-corrected chi connectivity index (χ4v) is 3.54. The third-order valence-corrected chi connectivity index (χ3v) is 4.89. The molecule has 1 aliphatic rings. The zero-order valence-corrected chi connectivity index (χ0v) is 12.3. The molecule has 0 fully saturated rings. The van der Waals surface area contributed by atoms with Crippen molar-refractivity contribution < 1.29 is 4.79 Å². The van der Waals surface area contributed by atoms with Crippen molar-refractivity contribution >= 4 is 17.2 Å². The van der Waals surface area contributed by atoms with E-state index < -0.39 is 0 Å². The molecule has 1 aliphatic heterocycles. The molecule has 18 heavy (non-hydrogen) atoms. The Kier molecular flexibility index (Phi) is 4.81. The molecule has 3 heteroatoms. The number of unbranched alkanes of at least 4 members (excludes halogenated alkanes) is 1. The number of hydrogen-bond donors (Lipinski definition) is 0. The lowest BCUT2D eigenvalue weighted by molar-refractivity contribution is -0.136. The molecule has 1 aromatic rings. The molecular formula is C15H23NOS. The summed E-state index contributed by atoms with van der Waals surface area (Å²) in [4.78, 5) is 16.0. The summed E-state index contributed by atoms with van der Waals surface area (Å²) in [5.74, 6) is 0.618. The van der Waals surface area contributed by atoms with Crippen molar-refractivity contribution in [2.45, 2.75) is 52.5 Å². The average molecular weight is 265 g/mol. The van der Waals surface area contributed by atoms with E-state index in [0.717, 1.165) is 32.4 Å². The Morgan fingerprint density at radius 3 is 3.06 bits per heavy atom. The fraction of sp³-hybridized carbons (Fsp3) is 0.667. The molecule has 1 amide bonds. The summed E-state index contributed by atoms with van der Waals surface area (Å²) in [5, 5.41) is 2.15. The molecule has 100 valence electrons. The van der Waals surface area contributed by atoms with Crippen LogP contribution in [0.25, 0.3) is 0 Å². The Hall–Kier alpha value is -0.830. The van der Waals surface area contributed by atoms with Gasteiger partial charge >= 0.3 is 0 Å². The van der Waals surface area contributed by atoms with Gasteiger partial charge in [-0.05, 0) is 36.3 Å². The van der Waals surface area contributed by atoms with Gasteiger partial charge in [-0.2, -0.15) is 0 Å². The van der Waals surface area contributed by atoms with Crippen LogP contribution in [-0.4, -0.2) is 17.4 Å². The molecule has 0 N–H and O–H groups in total. The van der Waals surface area contributed by atoms with Crippen LogP contribution in [0.2, 0.25) is 0 Å². The lowest BCUT2D eigenvalue weighted by atomic mass is 9.96. The molecule has 2 rings (SSSR count). The second-order valence-corrected chi connectivity index (χ2v) is 6.13. The molecule has 0 bridgehead atoms. The highest BCUT2D eigenvalue weighted by Crippen LogP contribution is 2.26. The molecule has 2 heterocycles. The molecule has 0 aromatic carbocycles. The van der Waals surface area contributed by atoms with Crippen LogP contribution in [0.5, 0.6) is 0 Å². The number of hydrogen-bond acceptors (Lipinski definition) is 2. The van der Waals surface area contributed by atoms with Crippen LogP contribution in [0.1, 0.15) is 50.0 Å². The molecule has 1 aromatic heterocycles. The first-order valence-corrected chi connectivity index (χ1v) is 7.98. The average Bonchev–Trinajstić information content (AvgIpc) is 2.86. The summed E-state index contributed by atoms with van der Waals surface area (Å²) < 4.78 is 0. The zero-order chi connectivity index (χ0) is 13.0. The van der Waals surface area contributed by atoms with E-state index in [0.29, 0.717) is 5.91 Å². The van der Waals surface area contributed by atoms with Gasteiger partial charge < -0.3 is 4.90 Å². The minimum absolute atomic E-state index is 0.241. The van der Waals surface area contributed by atoms with Gasteiger partial charge in [0.2, 0.25) is 5.91 Å². The van der Waals surface area contributed by atoms with Crippen LogP contribution in [0, 0.1) is 5.92 Å². The molecule has 2 nitrogen and oxygen atoms in total. The van der Waals surface area contributed by atoms with E-state index in [1.54, 1.807) is 0 Å². The molecular weight excluding hydrogens is 242 g/mol. The summed E-state index contributed by atoms with van der Waals surface area (Å²) in [6.45, 7) is 6.07. The second-order valence-electron chi connectivity index (χ2n) is 5.13. The van der Waals surface area contributed by atoms with Crippen LogP contribution < -0.4 is 0 Å². The Labute approximate surface area is 114 Å². The Bertz CT molecular complexity index is 399. The van der Waals surface area contributed by atoms with Crippen molar-refractivity contribution in [3.63, 3.8) is 0 Å². The number of amides is 1. The van der Waals surface area contributed by atoms with Crippen molar-refractivity contribution in [3.05, 3.63) is 21.9 Å². The SMILES string of the molecule is CCCCC(CC)C(=O)N1CCc2sccc2C1. The van der Waals surface area contributed by atoms with Gasteiger partial charge in [0.05, 0.1) is 0 Å². The van der Waals surface area contributed by atoms with Gasteiger partial charge in [0, 0.05) is 23.9 Å². The maximum Gasteiger partial charge on any atom is 0.225 e. The Morgan fingerprint density at radius 2 is 2.33 bits per heavy atom. The predicted molar refractivity (Wildman–Crippen MR) is 76.7 cm³/mol. The third kappa shape index (κ3) is 2.94. The summed E-state index contributed by atoms with van der Waals surface area (Å²) >= 11 is 1.83. The van der Waals surface area contributed by atoms with Crippen LogP contribution >= 0.6 is 11.3 Å². The largest absolute Gasteiger partial charge is 0.338 e. The number of rotatable bonds is 5. The first-order chi connectivity index (χ1) is 8.76. The predicted octanol–water partition coefficient (Wildman–Crippen LogP) is 3.85. The molecule has 0 saturated heterocycles. The van der Waals surface area contributed by atoms with E-state index in [2.05, 4.69) is 30.2 Å². The van der Waals surface area contributed by atoms with Gasteiger partial charge in [-0.15, -0.1) is 11.3 Å². The monoisotopic (exact) mass is 265 g/mol. The fourth-order valence-electron chi connectivity index (χ4n) is 2.65. The quantitative estimate of drug-likeness (QED) is 0.792. The minimum Gasteiger partial charge on any atom is -0.338 e. The van der Waals surface area contributed by atoms with Crippen LogP contribution in [0.15, 0.2) is 11.4 Å². The number of carbonyl (C=O) groups is 1. The molecule has 0 aliphatic carbocycles. The van der Waals surface area contributed by atoms with Gasteiger partial charge in [-0.1, -0.05) is 26.7 Å². The maximum absolute atomic E-state index is 12.5. The minimum atomic E-state index is 0.241. The normalized spacial score (nSPS) is 16.4. The lowest BCUT2D eigenvalue weighted by Gasteiger charge is -2.30. The van der Waals surface area contributed by atoms with Gasteiger partial charge in [0.25, 0.3) is 0 Å². The van der Waals surface area contributed by atoms with Gasteiger partial charge in [0.1, 0.15) is 0 Å². The highest BCUT2D eigenvalue weighted by atomic mass is 32.1. The van der Waals surface area contributed by atoms with E-state index in [1.807, 2.05) is 11.3 Å². The number of thiophene rings is 1. The summed E-state index contributed by atoms with van der Waals surface area (Å²) in [5.41, 5.74) is 1.37. The van der Waals surface area contributed by atoms with E-state index in [9.17, 15) is 4.79 Å². The Balaban J connectivity index is 1.97. The van der Waals surface area contributed by atoms with E-state index >= 15 is 0 Å². The third-order valence-electron chi connectivity index (χ3n) is 3.87. The zero-order valence-electron chi connectivity index (χ0n) is 11.4. The first kappa shape index (κ1) is 13.6. The smallest absolute Gasteiger partial charge is 0.225 e. The maximum atomic E-state index is 12.5. The topological polar surface area (TPSA) is 20.3 Å². The number of fused-ring (bicyclic) bond motifs is 1. The highest BCUT2D eigenvalue weighted by molar-refractivity contribution is 7.10. The van der Waals surface area contributed by atoms with Crippen molar-refractivity contribution in [1.29, 1.82) is 0 Å². The van der Waals surface area contributed by atoms with Gasteiger partial charge in [0.15, 0.2) is 0 Å². The molecule has 1 unspecified atom stereocenters. The summed E-state index contributed by atoms with van der Waals surface area (Å²) in [7, 11) is 0. The highest BCUT2D eigenvalue weighted by Gasteiger charge is 2.26. The standard InChI is InChI=1S/C15H23NOS/c1-3-5-6-12(4-2)15(17)16-9-7-14-13(11-16)8-10-18-14/h8,10,12H,3-7,9,11H2,1-2H3. The van der Waals surface area contributed by atoms with E-state index in [4.69, 9.17) is 0 Å². The summed E-state index contributed by atoms with van der Waals surface area (Å²) in [6.07, 6.45) is 5.42. The number of nitrogens with zero attached hydrogens (tertiary/aromatic N) is 1. The lowest BCUT2D eigenvalue weighted by Crippen LogP contribution is -2.39. The molecule has 0 saturated carbocycles. The summed E-state index contributed by atoms with van der Waals surface area (Å²) in [6, 6.07) is 2.17. The molecule has 1 atom stereocenters. The molecule has 0 spiro atoms. The van der Waals surface area contributed by atoms with Gasteiger partial charge in [-0.3, -0.25) is 4.79 Å². The number of carbonyl (C=O) groups excluding carboxylic acids is 1. The molecule has 0 radical (unpaired) electrons. The van der Waals surface area contributed by atoms with Gasteiger partial charge in [-0.25, -0.2) is 0 Å². The van der Waals surface area contributed by atoms with Crippen LogP contribution in [0.3, 0.4) is 0 Å². The Morgan fingerprint density at radius 1 is 1.50 bits per heavy atom. The van der Waals surface area contributed by atoms with E-state index in [-0.39, 0.29) is 5.92 Å². The van der Waals surface area contributed by atoms with Crippen molar-refractivity contribution in [2.24, 2.45) is 5.92 Å². The van der Waals surface area contributed by atoms with Crippen LogP contribution in [0.4, 0.5) is 0 Å². The van der Waals surface area contributed by atoms with E-state index in [1.165, 1.54) is 23.3 Å². The first-order valence-electron chi connectivity index (χ1n) is 7.10. The van der Waals surface area contributed by atoms with Crippen molar-refractivity contribution in [3.8, 4) is 0 Å². The second kappa shape index (κ2) is 6.37. The van der Waals surface area contributed by atoms with Crippen molar-refractivity contribution in [1.82, 2.24) is 4.90 Å². The van der Waals surface area contributed by atoms with Crippen LogP contribution in [-0.2, 0) is 17.8 Å².